The summed E-state index contributed by atoms with van der Waals surface area (Å²) >= 11 is 6.00. The molecular formula is C31H44ClN5O7S. The lowest BCUT2D eigenvalue weighted by Crippen LogP contribution is -2.59. The minimum Gasteiger partial charge on any atom is -0.444 e. The Labute approximate surface area is 270 Å². The molecule has 1 saturated heterocycles. The number of alkyl carbamates (subject to hydrolysis) is 1. The van der Waals surface area contributed by atoms with Crippen LogP contribution in [0.3, 0.4) is 0 Å². The van der Waals surface area contributed by atoms with Gasteiger partial charge in [-0.25, -0.2) is 9.52 Å². The van der Waals surface area contributed by atoms with Gasteiger partial charge in [0.2, 0.25) is 11.8 Å². The normalized spacial score (nSPS) is 26.8. The van der Waals surface area contributed by atoms with Crippen LogP contribution < -0.4 is 20.1 Å². The second kappa shape index (κ2) is 14.5. The second-order valence-electron chi connectivity index (χ2n) is 12.9. The number of hydrogen-bond acceptors (Lipinski definition) is 7. The molecule has 0 aromatic heterocycles. The molecule has 1 aromatic rings. The van der Waals surface area contributed by atoms with Gasteiger partial charge < -0.3 is 20.3 Å². The number of nitrogens with one attached hydrogen (secondary N) is 4. The summed E-state index contributed by atoms with van der Waals surface area (Å²) in [5.41, 5.74) is -1.39. The molecule has 0 bridgehead atoms. The first-order valence-corrected chi connectivity index (χ1v) is 17.4. The minimum absolute atomic E-state index is 0.0310. The lowest BCUT2D eigenvalue weighted by molar-refractivity contribution is -0.141. The van der Waals surface area contributed by atoms with Crippen LogP contribution in [0.1, 0.15) is 77.7 Å². The van der Waals surface area contributed by atoms with Gasteiger partial charge in [-0.1, -0.05) is 48.7 Å². The molecule has 3 aliphatic rings. The predicted molar refractivity (Wildman–Crippen MR) is 169 cm³/mol. The number of nitrogens with zero attached hydrogens (tertiary/aromatic N) is 1. The smallest absolute Gasteiger partial charge is 0.408 e. The van der Waals surface area contributed by atoms with Crippen LogP contribution in [0.2, 0.25) is 5.02 Å². The lowest BCUT2D eigenvalue weighted by atomic mass is 10.0. The third-order valence-electron chi connectivity index (χ3n) is 8.15. The SMILES string of the molecule is CC(C)(C)OC(=O)N[C@H]1CCCCC/C=C\[C@@H]2C[C@@]2(C(=O)NS(=O)(=O)NCCc2cccc(Cl)c2)NC(=O)[C@@H]2CCCN2C1=O. The summed E-state index contributed by atoms with van der Waals surface area (Å²) in [6.07, 6.45) is 8.01. The number of ether oxygens (including phenoxy) is 1. The molecule has 1 saturated carbocycles. The first kappa shape index (κ1) is 34.7. The van der Waals surface area contributed by atoms with Crippen molar-refractivity contribution in [2.45, 2.75) is 102 Å². The van der Waals surface area contributed by atoms with Crippen molar-refractivity contribution in [3.63, 3.8) is 0 Å². The predicted octanol–water partition coefficient (Wildman–Crippen LogP) is 3.11. The first-order chi connectivity index (χ1) is 21.2. The molecule has 2 aliphatic heterocycles. The third kappa shape index (κ3) is 9.67. The molecule has 4 atom stereocenters. The average Bonchev–Trinajstić information content (AvgIpc) is 3.39. The molecule has 1 aromatic carbocycles. The molecule has 1 aliphatic carbocycles. The van der Waals surface area contributed by atoms with Crippen molar-refractivity contribution >= 4 is 45.6 Å². The Kier molecular flexibility index (Phi) is 11.2. The summed E-state index contributed by atoms with van der Waals surface area (Å²) in [5, 5.41) is 6.05. The maximum Gasteiger partial charge on any atom is 0.408 e. The molecule has 45 heavy (non-hydrogen) atoms. The van der Waals surface area contributed by atoms with Crippen LogP contribution in [0.25, 0.3) is 0 Å². The van der Waals surface area contributed by atoms with E-state index in [0.717, 1.165) is 18.4 Å². The molecule has 2 fully saturated rings. The zero-order chi connectivity index (χ0) is 32.8. The molecular weight excluding hydrogens is 622 g/mol. The molecule has 4 rings (SSSR count). The van der Waals surface area contributed by atoms with Crippen molar-refractivity contribution < 1.29 is 32.3 Å². The minimum atomic E-state index is -4.24. The largest absolute Gasteiger partial charge is 0.444 e. The highest BCUT2D eigenvalue weighted by Gasteiger charge is 2.61. The van der Waals surface area contributed by atoms with Crippen LogP contribution in [0.5, 0.6) is 0 Å². The van der Waals surface area contributed by atoms with Crippen molar-refractivity contribution in [1.29, 1.82) is 0 Å². The molecule has 4 amide bonds. The van der Waals surface area contributed by atoms with Gasteiger partial charge in [0.15, 0.2) is 0 Å². The van der Waals surface area contributed by atoms with Crippen LogP contribution in [0, 0.1) is 5.92 Å². The average molecular weight is 666 g/mol. The van der Waals surface area contributed by atoms with Gasteiger partial charge in [-0.15, -0.1) is 0 Å². The van der Waals surface area contributed by atoms with Gasteiger partial charge in [0.05, 0.1) is 0 Å². The van der Waals surface area contributed by atoms with Crippen LogP contribution in [-0.4, -0.2) is 73.4 Å². The topological polar surface area (TPSA) is 163 Å². The summed E-state index contributed by atoms with van der Waals surface area (Å²) in [6.45, 7) is 5.55. The van der Waals surface area contributed by atoms with Gasteiger partial charge in [-0.3, -0.25) is 14.4 Å². The summed E-state index contributed by atoms with van der Waals surface area (Å²) in [6, 6.07) is 5.29. The van der Waals surface area contributed by atoms with Crippen molar-refractivity contribution in [1.82, 2.24) is 25.0 Å². The van der Waals surface area contributed by atoms with E-state index in [0.29, 0.717) is 50.1 Å². The van der Waals surface area contributed by atoms with Gasteiger partial charge in [-0.05, 0) is 83.4 Å². The molecule has 4 N–H and O–H groups in total. The van der Waals surface area contributed by atoms with E-state index in [9.17, 15) is 27.6 Å². The van der Waals surface area contributed by atoms with Crippen LogP contribution in [-0.2, 0) is 35.8 Å². The standard InChI is InChI=1S/C31H44ClN5O7S/c1-30(2,3)44-29(41)34-24-14-8-6-4-5-7-12-22-20-31(22,35-26(38)25-15-10-18-37(25)27(24)39)28(40)36-45(42,43)33-17-16-21-11-9-13-23(32)19-21/h7,9,11-13,19,22,24-25,33H,4-6,8,10,14-18,20H2,1-3H3,(H,34,41)(H,35,38)(H,36,40)/b12-7-/t22-,24+,25+,31-/m1/s1. The number of hydrogen-bond donors (Lipinski definition) is 4. The number of carbonyl (C=O) groups excluding carboxylic acids is 4. The Morgan fingerprint density at radius 3 is 2.64 bits per heavy atom. The van der Waals surface area contributed by atoms with E-state index < -0.39 is 57.3 Å². The number of carbonyl (C=O) groups is 4. The summed E-state index contributed by atoms with van der Waals surface area (Å²) < 4.78 is 35.5. The maximum atomic E-state index is 13.7. The molecule has 0 radical (unpaired) electrons. The van der Waals surface area contributed by atoms with E-state index in [-0.39, 0.29) is 18.9 Å². The molecule has 14 heteroatoms. The molecule has 0 unspecified atom stereocenters. The van der Waals surface area contributed by atoms with Gasteiger partial charge in [0.1, 0.15) is 23.2 Å². The Hall–Kier alpha value is -3.16. The second-order valence-corrected chi connectivity index (χ2v) is 14.9. The fraction of sp³-hybridized carbons (Fsp3) is 0.613. The Morgan fingerprint density at radius 2 is 1.91 bits per heavy atom. The van der Waals surface area contributed by atoms with Crippen LogP contribution in [0.15, 0.2) is 36.4 Å². The van der Waals surface area contributed by atoms with Crippen LogP contribution >= 0.6 is 11.6 Å². The number of halogens is 1. The van der Waals surface area contributed by atoms with E-state index >= 15 is 0 Å². The van der Waals surface area contributed by atoms with Crippen molar-refractivity contribution in [3.05, 3.63) is 47.0 Å². The quantitative estimate of drug-likeness (QED) is 0.325. The lowest BCUT2D eigenvalue weighted by Gasteiger charge is -2.30. The van der Waals surface area contributed by atoms with Gasteiger partial charge in [-0.2, -0.15) is 13.1 Å². The Morgan fingerprint density at radius 1 is 1.13 bits per heavy atom. The van der Waals surface area contributed by atoms with Crippen molar-refractivity contribution in [2.75, 3.05) is 13.1 Å². The highest BCUT2D eigenvalue weighted by atomic mass is 35.5. The summed E-state index contributed by atoms with van der Waals surface area (Å²) in [5.74, 6) is -2.17. The van der Waals surface area contributed by atoms with E-state index in [1.54, 1.807) is 39.0 Å². The van der Waals surface area contributed by atoms with Gasteiger partial charge in [0.25, 0.3) is 5.91 Å². The number of rotatable bonds is 7. The van der Waals surface area contributed by atoms with E-state index in [4.69, 9.17) is 16.3 Å². The van der Waals surface area contributed by atoms with E-state index in [1.807, 2.05) is 18.2 Å². The number of benzene rings is 1. The molecule has 0 spiro atoms. The summed E-state index contributed by atoms with van der Waals surface area (Å²) in [4.78, 5) is 54.9. The molecule has 2 heterocycles. The van der Waals surface area contributed by atoms with Crippen LogP contribution in [0.4, 0.5) is 4.79 Å². The fourth-order valence-electron chi connectivity index (χ4n) is 5.81. The summed E-state index contributed by atoms with van der Waals surface area (Å²) in [7, 11) is -4.24. The highest BCUT2D eigenvalue weighted by molar-refractivity contribution is 7.88. The zero-order valence-corrected chi connectivity index (χ0v) is 27.6. The first-order valence-electron chi connectivity index (χ1n) is 15.5. The van der Waals surface area contributed by atoms with Crippen molar-refractivity contribution in [3.8, 4) is 0 Å². The number of fused-ring (bicyclic) bond motifs is 2. The van der Waals surface area contributed by atoms with Gasteiger partial charge >= 0.3 is 16.3 Å². The third-order valence-corrected chi connectivity index (χ3v) is 9.42. The van der Waals surface area contributed by atoms with E-state index in [1.165, 1.54) is 4.90 Å². The van der Waals surface area contributed by atoms with Gasteiger partial charge in [0, 0.05) is 24.0 Å². The number of allylic oxidation sites excluding steroid dienone is 1. The fourth-order valence-corrected chi connectivity index (χ4v) is 6.90. The number of amides is 4. The Bertz CT molecular complexity index is 1410. The maximum absolute atomic E-state index is 13.7. The monoisotopic (exact) mass is 665 g/mol. The highest BCUT2D eigenvalue weighted by Crippen LogP contribution is 2.45. The zero-order valence-electron chi connectivity index (χ0n) is 26.1. The van der Waals surface area contributed by atoms with Crippen molar-refractivity contribution in [2.24, 2.45) is 5.92 Å². The van der Waals surface area contributed by atoms with E-state index in [2.05, 4.69) is 20.1 Å². The molecule has 248 valence electrons. The Balaban J connectivity index is 1.47. The molecule has 12 nitrogen and oxygen atoms in total.